The summed E-state index contributed by atoms with van der Waals surface area (Å²) >= 11 is 0.505. The highest BCUT2D eigenvalue weighted by Crippen LogP contribution is 2.30. The Morgan fingerprint density at radius 1 is 1.20 bits per heavy atom. The van der Waals surface area contributed by atoms with E-state index in [-0.39, 0.29) is 6.61 Å². The minimum absolute atomic E-state index is 0.366. The first kappa shape index (κ1) is 12.3. The third kappa shape index (κ3) is 2.60. The molecule has 15 heavy (non-hydrogen) atoms. The monoisotopic (exact) mass is 241 g/mol. The number of hydrogen-bond acceptors (Lipinski definition) is 3. The first-order valence-corrected chi connectivity index (χ1v) is 4.82. The predicted octanol–water partition coefficient (Wildman–Crippen LogP) is 2.11. The van der Waals surface area contributed by atoms with Crippen molar-refractivity contribution >= 4 is 11.8 Å². The van der Waals surface area contributed by atoms with Gasteiger partial charge >= 0.3 is 0 Å². The zero-order chi connectivity index (χ0) is 11.6. The standard InChI is InChI=1S/C8H7F4NOS/c1-3(2-14)15-6-4(9)7(11)13-8(12)5(6)10/h3,14H,2H2,1H3. The third-order valence-electron chi connectivity index (χ3n) is 1.53. The number of aromatic nitrogens is 1. The summed E-state index contributed by atoms with van der Waals surface area (Å²) in [7, 11) is 0. The predicted molar refractivity (Wildman–Crippen MR) is 46.5 cm³/mol. The van der Waals surface area contributed by atoms with E-state index in [0.717, 1.165) is 0 Å². The summed E-state index contributed by atoms with van der Waals surface area (Å²) in [6, 6.07) is 0. The van der Waals surface area contributed by atoms with Gasteiger partial charge in [-0.05, 0) is 0 Å². The Morgan fingerprint density at radius 2 is 1.67 bits per heavy atom. The highest BCUT2D eigenvalue weighted by Gasteiger charge is 2.22. The fourth-order valence-electron chi connectivity index (χ4n) is 0.810. The zero-order valence-electron chi connectivity index (χ0n) is 7.60. The number of nitrogens with zero attached hydrogens (tertiary/aromatic N) is 1. The van der Waals surface area contributed by atoms with Gasteiger partial charge in [0.1, 0.15) is 0 Å². The molecule has 0 amide bonds. The molecule has 1 rings (SSSR count). The van der Waals surface area contributed by atoms with Gasteiger partial charge in [0, 0.05) is 5.25 Å². The Morgan fingerprint density at radius 3 is 2.07 bits per heavy atom. The van der Waals surface area contributed by atoms with Crippen molar-refractivity contribution in [2.45, 2.75) is 17.1 Å². The van der Waals surface area contributed by atoms with Gasteiger partial charge in [-0.25, -0.2) is 8.78 Å². The molecule has 0 bridgehead atoms. The van der Waals surface area contributed by atoms with Crippen molar-refractivity contribution in [1.29, 1.82) is 0 Å². The Balaban J connectivity index is 3.15. The molecular formula is C8H7F4NOS. The molecule has 0 aliphatic heterocycles. The summed E-state index contributed by atoms with van der Waals surface area (Å²) in [5.41, 5.74) is 0. The van der Waals surface area contributed by atoms with E-state index in [1.165, 1.54) is 6.92 Å². The average Bonchev–Trinajstić information content (AvgIpc) is 2.21. The number of aliphatic hydroxyl groups excluding tert-OH is 1. The van der Waals surface area contributed by atoms with E-state index in [0.29, 0.717) is 11.8 Å². The van der Waals surface area contributed by atoms with Crippen LogP contribution < -0.4 is 0 Å². The molecule has 0 spiro atoms. The van der Waals surface area contributed by atoms with Gasteiger partial charge in [-0.1, -0.05) is 6.92 Å². The lowest BCUT2D eigenvalue weighted by Gasteiger charge is -2.09. The molecule has 0 aliphatic carbocycles. The molecule has 84 valence electrons. The fourth-order valence-corrected chi connectivity index (χ4v) is 1.66. The van der Waals surface area contributed by atoms with Gasteiger partial charge in [0.05, 0.1) is 11.5 Å². The molecule has 0 saturated carbocycles. The van der Waals surface area contributed by atoms with Crippen LogP contribution in [0.4, 0.5) is 17.6 Å². The van der Waals surface area contributed by atoms with E-state index in [1.807, 2.05) is 0 Å². The van der Waals surface area contributed by atoms with Crippen LogP contribution in [0.15, 0.2) is 4.90 Å². The number of hydrogen-bond donors (Lipinski definition) is 1. The van der Waals surface area contributed by atoms with Crippen LogP contribution in [0.25, 0.3) is 0 Å². The lowest BCUT2D eigenvalue weighted by molar-refractivity contribution is 0.299. The summed E-state index contributed by atoms with van der Waals surface area (Å²) < 4.78 is 51.2. The van der Waals surface area contributed by atoms with E-state index in [2.05, 4.69) is 4.98 Å². The van der Waals surface area contributed by atoms with Gasteiger partial charge < -0.3 is 5.11 Å². The average molecular weight is 241 g/mol. The molecule has 7 heteroatoms. The first-order valence-electron chi connectivity index (χ1n) is 3.94. The van der Waals surface area contributed by atoms with Crippen molar-refractivity contribution in [2.24, 2.45) is 0 Å². The zero-order valence-corrected chi connectivity index (χ0v) is 8.42. The lowest BCUT2D eigenvalue weighted by atomic mass is 10.4. The van der Waals surface area contributed by atoms with Gasteiger partial charge in [-0.15, -0.1) is 11.8 Å². The van der Waals surface area contributed by atoms with Crippen LogP contribution in [0.5, 0.6) is 0 Å². The molecule has 1 heterocycles. The van der Waals surface area contributed by atoms with Crippen molar-refractivity contribution in [2.75, 3.05) is 6.61 Å². The summed E-state index contributed by atoms with van der Waals surface area (Å²) in [4.78, 5) is 1.60. The number of pyridine rings is 1. The van der Waals surface area contributed by atoms with Gasteiger partial charge in [-0.2, -0.15) is 13.8 Å². The van der Waals surface area contributed by atoms with Crippen LogP contribution in [0.1, 0.15) is 6.92 Å². The molecule has 2 nitrogen and oxygen atoms in total. The summed E-state index contributed by atoms with van der Waals surface area (Å²) in [5.74, 6) is -6.47. The number of aliphatic hydroxyl groups is 1. The van der Waals surface area contributed by atoms with Crippen LogP contribution in [0.2, 0.25) is 0 Å². The highest BCUT2D eigenvalue weighted by molar-refractivity contribution is 8.00. The second kappa shape index (κ2) is 4.80. The highest BCUT2D eigenvalue weighted by atomic mass is 32.2. The maximum absolute atomic E-state index is 13.0. The Bertz CT molecular complexity index is 348. The largest absolute Gasteiger partial charge is 0.395 e. The van der Waals surface area contributed by atoms with Gasteiger partial charge in [-0.3, -0.25) is 0 Å². The topological polar surface area (TPSA) is 33.1 Å². The maximum Gasteiger partial charge on any atom is 0.252 e. The first-order chi connectivity index (χ1) is 6.97. The van der Waals surface area contributed by atoms with Crippen LogP contribution in [0, 0.1) is 23.5 Å². The molecule has 1 unspecified atom stereocenters. The van der Waals surface area contributed by atoms with Crippen molar-refractivity contribution < 1.29 is 22.7 Å². The summed E-state index contributed by atoms with van der Waals surface area (Å²) in [6.07, 6.45) is 0. The van der Waals surface area contributed by atoms with Crippen LogP contribution in [-0.4, -0.2) is 21.9 Å². The second-order valence-corrected chi connectivity index (χ2v) is 4.21. The molecule has 0 aliphatic rings. The minimum Gasteiger partial charge on any atom is -0.395 e. The molecular weight excluding hydrogens is 234 g/mol. The SMILES string of the molecule is CC(CO)Sc1c(F)c(F)nc(F)c1F. The molecule has 1 aromatic rings. The normalized spacial score (nSPS) is 12.9. The molecule has 1 atom stereocenters. The molecule has 0 radical (unpaired) electrons. The summed E-state index contributed by atoms with van der Waals surface area (Å²) in [5, 5.41) is 8.07. The van der Waals surface area contributed by atoms with Crippen molar-refractivity contribution in [1.82, 2.24) is 4.98 Å². The van der Waals surface area contributed by atoms with E-state index in [4.69, 9.17) is 5.11 Å². The van der Waals surface area contributed by atoms with E-state index >= 15 is 0 Å². The fraction of sp³-hybridized carbons (Fsp3) is 0.375. The van der Waals surface area contributed by atoms with E-state index < -0.39 is 33.7 Å². The smallest absolute Gasteiger partial charge is 0.252 e. The molecule has 0 fully saturated rings. The van der Waals surface area contributed by atoms with Crippen molar-refractivity contribution in [3.63, 3.8) is 0 Å². The maximum atomic E-state index is 13.0. The number of rotatable bonds is 3. The minimum atomic E-state index is -1.69. The second-order valence-electron chi connectivity index (χ2n) is 2.76. The molecule has 1 aromatic heterocycles. The van der Waals surface area contributed by atoms with Crippen molar-refractivity contribution in [3.05, 3.63) is 23.5 Å². The van der Waals surface area contributed by atoms with Gasteiger partial charge in [0.2, 0.25) is 0 Å². The third-order valence-corrected chi connectivity index (χ3v) is 2.68. The van der Waals surface area contributed by atoms with Crippen molar-refractivity contribution in [3.8, 4) is 0 Å². The van der Waals surface area contributed by atoms with Crippen LogP contribution in [0.3, 0.4) is 0 Å². The Labute approximate surface area is 87.3 Å². The van der Waals surface area contributed by atoms with Crippen LogP contribution in [-0.2, 0) is 0 Å². The molecule has 0 aromatic carbocycles. The quantitative estimate of drug-likeness (QED) is 0.500. The van der Waals surface area contributed by atoms with Gasteiger partial charge in [0.25, 0.3) is 11.9 Å². The van der Waals surface area contributed by atoms with E-state index in [9.17, 15) is 17.6 Å². The molecule has 0 saturated heterocycles. The van der Waals surface area contributed by atoms with E-state index in [1.54, 1.807) is 0 Å². The molecule has 1 N–H and O–H groups in total. The summed E-state index contributed by atoms with van der Waals surface area (Å²) in [6.45, 7) is 1.09. The van der Waals surface area contributed by atoms with Crippen LogP contribution >= 0.6 is 11.8 Å². The number of halogens is 4. The Kier molecular flexibility index (Phi) is 3.92. The van der Waals surface area contributed by atoms with Gasteiger partial charge in [0.15, 0.2) is 11.6 Å². The lowest BCUT2D eigenvalue weighted by Crippen LogP contribution is -2.07. The number of thioether (sulfide) groups is 1. The Hall–Kier alpha value is -0.820.